The maximum absolute atomic E-state index is 5.85. The van der Waals surface area contributed by atoms with Crippen molar-refractivity contribution in [1.29, 1.82) is 0 Å². The van der Waals surface area contributed by atoms with E-state index in [1.165, 1.54) is 25.7 Å². The Labute approximate surface area is 242 Å². The molecule has 3 heterocycles. The first-order chi connectivity index (χ1) is 19.6. The van der Waals surface area contributed by atoms with Gasteiger partial charge < -0.3 is 35.4 Å². The quantitative estimate of drug-likeness (QED) is 0.269. The normalized spacial score (nSPS) is 14.9. The largest absolute Gasteiger partial charge is 0.457 e. The van der Waals surface area contributed by atoms with Gasteiger partial charge in [0.05, 0.1) is 0 Å². The molecular weight excluding hydrogens is 520 g/mol. The minimum Gasteiger partial charge on any atom is -0.457 e. The van der Waals surface area contributed by atoms with Gasteiger partial charge in [-0.3, -0.25) is 0 Å². The first-order valence-corrected chi connectivity index (χ1v) is 14.7. The highest BCUT2D eigenvalue weighted by atomic mass is 32.1. The molecule has 0 bridgehead atoms. The number of anilines is 4. The second-order valence-electron chi connectivity index (χ2n) is 10.4. The molecule has 2 fully saturated rings. The van der Waals surface area contributed by atoms with Crippen LogP contribution in [0.4, 0.5) is 23.3 Å². The fourth-order valence-corrected chi connectivity index (χ4v) is 5.15. The number of aromatic nitrogens is 2. The molecule has 0 saturated carbocycles. The van der Waals surface area contributed by atoms with Crippen LogP contribution >= 0.6 is 12.2 Å². The third-order valence-corrected chi connectivity index (χ3v) is 7.44. The summed E-state index contributed by atoms with van der Waals surface area (Å²) in [4.78, 5) is 16.7. The zero-order valence-corrected chi connectivity index (χ0v) is 24.1. The molecule has 2 aliphatic heterocycles. The van der Waals surface area contributed by atoms with Crippen molar-refractivity contribution in [1.82, 2.24) is 20.2 Å². The Kier molecular flexibility index (Phi) is 9.87. The van der Waals surface area contributed by atoms with Gasteiger partial charge >= 0.3 is 0 Å². The molecule has 1 aromatic heterocycles. The van der Waals surface area contributed by atoms with Gasteiger partial charge in [-0.1, -0.05) is 18.2 Å². The van der Waals surface area contributed by atoms with Crippen molar-refractivity contribution in [2.45, 2.75) is 25.7 Å². The van der Waals surface area contributed by atoms with E-state index in [2.05, 4.69) is 43.8 Å². The van der Waals surface area contributed by atoms with E-state index < -0.39 is 0 Å². The molecule has 9 nitrogen and oxygen atoms in total. The van der Waals surface area contributed by atoms with Gasteiger partial charge in [-0.15, -0.1) is 0 Å². The molecule has 212 valence electrons. The minimum atomic E-state index is 0.605. The van der Waals surface area contributed by atoms with Gasteiger partial charge in [-0.05, 0) is 81.3 Å². The standard InChI is InChI=1S/C30H40N8OS/c1-36(22-16-32-30(40)33-24-11-13-26(14-12-24)39-25-9-3-2-4-10-25)21-15-31-27-23-28(37-17-5-6-18-37)35-29(34-27)38-19-7-8-20-38/h2-4,9-14,23H,5-8,15-22H2,1H3,(H,31,34,35)(H2,32,33,40). The van der Waals surface area contributed by atoms with Gasteiger partial charge in [0.15, 0.2) is 5.11 Å². The summed E-state index contributed by atoms with van der Waals surface area (Å²) >= 11 is 5.49. The number of hydrogen-bond donors (Lipinski definition) is 3. The van der Waals surface area contributed by atoms with E-state index in [9.17, 15) is 0 Å². The van der Waals surface area contributed by atoms with Gasteiger partial charge in [-0.2, -0.15) is 9.97 Å². The summed E-state index contributed by atoms with van der Waals surface area (Å²) in [7, 11) is 2.12. The van der Waals surface area contributed by atoms with Gasteiger partial charge in [-0.25, -0.2) is 0 Å². The lowest BCUT2D eigenvalue weighted by molar-refractivity contribution is 0.352. The molecule has 2 aliphatic rings. The Morgan fingerprint density at radius 1 is 0.850 bits per heavy atom. The lowest BCUT2D eigenvalue weighted by Crippen LogP contribution is -2.36. The van der Waals surface area contributed by atoms with Crippen molar-refractivity contribution in [2.75, 3.05) is 79.8 Å². The van der Waals surface area contributed by atoms with Crippen LogP contribution < -0.4 is 30.5 Å². The molecule has 10 heteroatoms. The molecule has 3 N–H and O–H groups in total. The first kappa shape index (κ1) is 27.9. The molecule has 3 aromatic rings. The Morgan fingerprint density at radius 3 is 2.23 bits per heavy atom. The third kappa shape index (κ3) is 8.19. The fourth-order valence-electron chi connectivity index (χ4n) is 4.93. The van der Waals surface area contributed by atoms with Crippen LogP contribution in [0, 0.1) is 0 Å². The van der Waals surface area contributed by atoms with E-state index in [-0.39, 0.29) is 0 Å². The monoisotopic (exact) mass is 560 g/mol. The second kappa shape index (κ2) is 14.1. The number of nitrogens with one attached hydrogen (secondary N) is 3. The SMILES string of the molecule is CN(CCNC(=S)Nc1ccc(Oc2ccccc2)cc1)CCNc1cc(N2CCCC2)nc(N2CCCC2)n1. The van der Waals surface area contributed by atoms with Crippen LogP contribution in [0.15, 0.2) is 60.7 Å². The molecule has 0 aliphatic carbocycles. The Balaban J connectivity index is 1.02. The van der Waals surface area contributed by atoms with Crippen LogP contribution in [0.1, 0.15) is 25.7 Å². The van der Waals surface area contributed by atoms with E-state index in [1.807, 2.05) is 54.6 Å². The van der Waals surface area contributed by atoms with E-state index >= 15 is 0 Å². The molecule has 2 saturated heterocycles. The van der Waals surface area contributed by atoms with Crippen molar-refractivity contribution >= 4 is 40.6 Å². The van der Waals surface area contributed by atoms with E-state index in [4.69, 9.17) is 26.9 Å². The summed E-state index contributed by atoms with van der Waals surface area (Å²) in [6.07, 6.45) is 4.90. The Morgan fingerprint density at radius 2 is 1.50 bits per heavy atom. The van der Waals surface area contributed by atoms with E-state index in [0.29, 0.717) is 5.11 Å². The summed E-state index contributed by atoms with van der Waals surface area (Å²) in [5.41, 5.74) is 0.918. The van der Waals surface area contributed by atoms with Crippen molar-refractivity contribution in [3.8, 4) is 11.5 Å². The van der Waals surface area contributed by atoms with Crippen LogP contribution in [0.5, 0.6) is 11.5 Å². The summed E-state index contributed by atoms with van der Waals surface area (Å²) < 4.78 is 5.85. The first-order valence-electron chi connectivity index (χ1n) is 14.3. The topological polar surface area (TPSA) is 80.8 Å². The van der Waals surface area contributed by atoms with Crippen molar-refractivity contribution in [2.24, 2.45) is 0 Å². The highest BCUT2D eigenvalue weighted by molar-refractivity contribution is 7.80. The summed E-state index contributed by atoms with van der Waals surface area (Å²) in [5.74, 6) is 4.42. The number of ether oxygens (including phenoxy) is 1. The van der Waals surface area contributed by atoms with Gasteiger partial charge in [0, 0.05) is 64.1 Å². The van der Waals surface area contributed by atoms with Crippen LogP contribution in [0.25, 0.3) is 0 Å². The third-order valence-electron chi connectivity index (χ3n) is 7.19. The number of para-hydroxylation sites is 1. The maximum Gasteiger partial charge on any atom is 0.229 e. The number of hydrogen-bond acceptors (Lipinski definition) is 8. The molecule has 40 heavy (non-hydrogen) atoms. The average molecular weight is 561 g/mol. The zero-order valence-electron chi connectivity index (χ0n) is 23.3. The number of rotatable bonds is 12. The molecule has 5 rings (SSSR count). The minimum absolute atomic E-state index is 0.605. The molecule has 0 atom stereocenters. The predicted molar refractivity (Wildman–Crippen MR) is 168 cm³/mol. The Hall–Kier alpha value is -3.63. The van der Waals surface area contributed by atoms with Crippen molar-refractivity contribution in [3.63, 3.8) is 0 Å². The van der Waals surface area contributed by atoms with Crippen LogP contribution in [0.2, 0.25) is 0 Å². The molecule has 0 unspecified atom stereocenters. The van der Waals surface area contributed by atoms with Gasteiger partial charge in [0.25, 0.3) is 0 Å². The highest BCUT2D eigenvalue weighted by Crippen LogP contribution is 2.26. The van der Waals surface area contributed by atoms with E-state index in [0.717, 1.165) is 87.1 Å². The molecule has 0 radical (unpaired) electrons. The summed E-state index contributed by atoms with van der Waals surface area (Å²) in [5, 5.41) is 10.7. The zero-order chi connectivity index (χ0) is 27.6. The smallest absolute Gasteiger partial charge is 0.229 e. The molecule has 0 spiro atoms. The number of thiocarbonyl (C=S) groups is 1. The summed E-state index contributed by atoms with van der Waals surface area (Å²) in [6, 6.07) is 19.6. The lowest BCUT2D eigenvalue weighted by atomic mass is 10.3. The highest BCUT2D eigenvalue weighted by Gasteiger charge is 2.20. The Bertz CT molecular complexity index is 1180. The average Bonchev–Trinajstić information content (AvgIpc) is 3.70. The van der Waals surface area contributed by atoms with E-state index in [1.54, 1.807) is 0 Å². The fraction of sp³-hybridized carbons (Fsp3) is 0.433. The predicted octanol–water partition coefficient (Wildman–Crippen LogP) is 4.80. The van der Waals surface area contributed by atoms with Crippen LogP contribution in [-0.4, -0.2) is 79.4 Å². The molecular formula is C30H40N8OS. The second-order valence-corrected chi connectivity index (χ2v) is 10.8. The van der Waals surface area contributed by atoms with Crippen molar-refractivity contribution < 1.29 is 4.74 Å². The summed E-state index contributed by atoms with van der Waals surface area (Å²) in [6.45, 7) is 7.58. The van der Waals surface area contributed by atoms with Crippen LogP contribution in [0.3, 0.4) is 0 Å². The number of benzene rings is 2. The van der Waals surface area contributed by atoms with Crippen LogP contribution in [-0.2, 0) is 0 Å². The lowest BCUT2D eigenvalue weighted by Gasteiger charge is -2.22. The number of likely N-dealkylation sites (N-methyl/N-ethyl adjacent to an activating group) is 1. The number of nitrogens with zero attached hydrogens (tertiary/aromatic N) is 5. The van der Waals surface area contributed by atoms with Gasteiger partial charge in [0.1, 0.15) is 23.1 Å². The molecule has 0 amide bonds. The van der Waals surface area contributed by atoms with Crippen molar-refractivity contribution in [3.05, 3.63) is 60.7 Å². The molecule has 2 aromatic carbocycles. The van der Waals surface area contributed by atoms with Gasteiger partial charge in [0.2, 0.25) is 5.95 Å². The maximum atomic E-state index is 5.85.